The van der Waals surface area contributed by atoms with E-state index in [9.17, 15) is 9.32 Å². The van der Waals surface area contributed by atoms with E-state index >= 15 is 0 Å². The maximum Gasteiger partial charge on any atom is 0.145 e. The summed E-state index contributed by atoms with van der Waals surface area (Å²) in [4.78, 5) is 11.1. The number of ether oxygens (including phenoxy) is 1. The normalized spacial score (nSPS) is 25.2. The fourth-order valence-corrected chi connectivity index (χ4v) is 5.10. The first kappa shape index (κ1) is 17.4. The first-order chi connectivity index (χ1) is 12.5. The van der Waals surface area contributed by atoms with Gasteiger partial charge >= 0.3 is 0 Å². The second-order valence-corrected chi connectivity index (χ2v) is 8.47. The Hall–Kier alpha value is -2.06. The van der Waals surface area contributed by atoms with Crippen molar-refractivity contribution < 1.29 is 14.1 Å². The van der Waals surface area contributed by atoms with Crippen LogP contribution in [0.25, 0.3) is 10.9 Å². The predicted molar refractivity (Wildman–Crippen MR) is 101 cm³/mol. The summed E-state index contributed by atoms with van der Waals surface area (Å²) >= 11 is 0. The number of para-hydroxylation sites is 1. The average Bonchev–Trinajstić information content (AvgIpc) is 3.44. The SMILES string of the molecule is COc1cccc2c(N3CCC(O)(CS(=O)C=N)C4(CC4)C3)ncnc12. The molecular weight excluding hydrogens is 352 g/mol. The van der Waals surface area contributed by atoms with Gasteiger partial charge in [0.2, 0.25) is 0 Å². The van der Waals surface area contributed by atoms with E-state index < -0.39 is 16.4 Å². The van der Waals surface area contributed by atoms with Gasteiger partial charge in [0.15, 0.2) is 0 Å². The second-order valence-electron chi connectivity index (χ2n) is 7.18. The van der Waals surface area contributed by atoms with Crippen LogP contribution in [-0.4, -0.2) is 56.4 Å². The zero-order valence-electron chi connectivity index (χ0n) is 14.6. The summed E-state index contributed by atoms with van der Waals surface area (Å²) in [5, 5.41) is 19.3. The Labute approximate surface area is 154 Å². The third-order valence-corrected chi connectivity index (χ3v) is 6.79. The van der Waals surface area contributed by atoms with Gasteiger partial charge in [-0.3, -0.25) is 9.62 Å². The highest BCUT2D eigenvalue weighted by Crippen LogP contribution is 2.58. The molecule has 0 bridgehead atoms. The van der Waals surface area contributed by atoms with Gasteiger partial charge in [-0.1, -0.05) is 6.07 Å². The molecule has 1 saturated heterocycles. The highest BCUT2D eigenvalue weighted by atomic mass is 32.2. The third-order valence-electron chi connectivity index (χ3n) is 5.77. The van der Waals surface area contributed by atoms with Gasteiger partial charge in [0.05, 0.1) is 34.8 Å². The number of hydrogen-bond donors (Lipinski definition) is 2. The lowest BCUT2D eigenvalue weighted by Crippen LogP contribution is -2.56. The van der Waals surface area contributed by atoms with Crippen molar-refractivity contribution in [1.82, 2.24) is 9.97 Å². The quantitative estimate of drug-likeness (QED) is 0.611. The number of benzene rings is 1. The molecule has 1 spiro atoms. The van der Waals surface area contributed by atoms with Crippen LogP contribution in [0.1, 0.15) is 19.3 Å². The Bertz CT molecular complexity index is 886. The molecule has 1 aromatic carbocycles. The van der Waals surface area contributed by atoms with Gasteiger partial charge in [0.25, 0.3) is 0 Å². The van der Waals surface area contributed by atoms with Gasteiger partial charge in [-0.05, 0) is 31.4 Å². The number of aliphatic hydroxyl groups is 1. The maximum absolute atomic E-state index is 11.9. The molecule has 2 atom stereocenters. The van der Waals surface area contributed by atoms with Crippen LogP contribution >= 0.6 is 0 Å². The highest BCUT2D eigenvalue weighted by Gasteiger charge is 2.61. The molecule has 138 valence electrons. The fourth-order valence-electron chi connectivity index (χ4n) is 4.10. The standard InChI is InChI=1S/C18H22N4O3S/c1-25-14-4-2-3-13-15(14)20-12-21-16(13)22-8-7-18(23,10-26(24)11-19)17(9-22)5-6-17/h2-4,11-12,19,23H,5-10H2,1H3. The van der Waals surface area contributed by atoms with Gasteiger partial charge in [0.1, 0.15) is 23.4 Å². The van der Waals surface area contributed by atoms with Crippen LogP contribution in [0, 0.1) is 10.8 Å². The summed E-state index contributed by atoms with van der Waals surface area (Å²) in [5.74, 6) is 1.69. The summed E-state index contributed by atoms with van der Waals surface area (Å²) in [6.45, 7) is 1.29. The minimum atomic E-state index is -1.42. The van der Waals surface area contributed by atoms with E-state index in [0.717, 1.165) is 35.1 Å². The summed E-state index contributed by atoms with van der Waals surface area (Å²) in [6.07, 6.45) is 3.87. The number of nitrogens with one attached hydrogen (secondary N) is 1. The van der Waals surface area contributed by atoms with Gasteiger partial charge in [-0.25, -0.2) is 9.97 Å². The maximum atomic E-state index is 11.9. The number of methoxy groups -OCH3 is 1. The van der Waals surface area contributed by atoms with Crippen LogP contribution in [0.2, 0.25) is 0 Å². The van der Waals surface area contributed by atoms with Crippen molar-refractivity contribution in [2.75, 3.05) is 30.9 Å². The molecule has 1 saturated carbocycles. The molecule has 2 unspecified atom stereocenters. The molecule has 0 amide bonds. The Morgan fingerprint density at radius 2 is 2.19 bits per heavy atom. The van der Waals surface area contributed by atoms with Crippen LogP contribution in [0.4, 0.5) is 5.82 Å². The summed E-state index contributed by atoms with van der Waals surface area (Å²) in [5.41, 5.74) is 0.451. The second kappa shape index (κ2) is 6.28. The third kappa shape index (κ3) is 2.68. The van der Waals surface area contributed by atoms with Crippen molar-refractivity contribution in [3.8, 4) is 5.75 Å². The first-order valence-corrected chi connectivity index (χ1v) is 10.0. The largest absolute Gasteiger partial charge is 0.494 e. The van der Waals surface area contributed by atoms with Crippen molar-refractivity contribution in [2.45, 2.75) is 24.9 Å². The molecule has 2 N–H and O–H groups in total. The number of nitrogens with zero attached hydrogens (tertiary/aromatic N) is 3. The zero-order valence-corrected chi connectivity index (χ0v) is 15.5. The Morgan fingerprint density at radius 3 is 2.88 bits per heavy atom. The van der Waals surface area contributed by atoms with Crippen molar-refractivity contribution in [3.05, 3.63) is 24.5 Å². The highest BCUT2D eigenvalue weighted by molar-refractivity contribution is 7.98. The van der Waals surface area contributed by atoms with Crippen LogP contribution in [0.15, 0.2) is 24.5 Å². The molecule has 1 aliphatic heterocycles. The molecule has 0 radical (unpaired) electrons. The summed E-state index contributed by atoms with van der Waals surface area (Å²) in [7, 11) is 0.203. The minimum Gasteiger partial charge on any atom is -0.494 e. The predicted octanol–water partition coefficient (Wildman–Crippen LogP) is 1.72. The molecule has 2 heterocycles. The lowest BCUT2D eigenvalue weighted by atomic mass is 9.79. The van der Waals surface area contributed by atoms with E-state index in [0.29, 0.717) is 25.3 Å². The van der Waals surface area contributed by atoms with E-state index in [1.165, 1.54) is 0 Å². The van der Waals surface area contributed by atoms with Crippen molar-refractivity contribution in [3.63, 3.8) is 0 Å². The molecule has 8 heteroatoms. The smallest absolute Gasteiger partial charge is 0.145 e. The minimum absolute atomic E-state index is 0.142. The number of hydrogen-bond acceptors (Lipinski definition) is 7. The van der Waals surface area contributed by atoms with Crippen LogP contribution in [0.3, 0.4) is 0 Å². The van der Waals surface area contributed by atoms with Crippen LogP contribution in [0.5, 0.6) is 5.75 Å². The molecule has 26 heavy (non-hydrogen) atoms. The molecule has 2 fully saturated rings. The van der Waals surface area contributed by atoms with Crippen LogP contribution < -0.4 is 9.64 Å². The summed E-state index contributed by atoms with van der Waals surface area (Å²) in [6, 6.07) is 5.79. The number of rotatable bonds is 5. The van der Waals surface area contributed by atoms with Gasteiger partial charge < -0.3 is 14.7 Å². The van der Waals surface area contributed by atoms with Crippen molar-refractivity contribution >= 4 is 33.1 Å². The monoisotopic (exact) mass is 374 g/mol. The molecule has 4 rings (SSSR count). The van der Waals surface area contributed by atoms with E-state index in [4.69, 9.17) is 10.1 Å². The molecule has 7 nitrogen and oxygen atoms in total. The fraction of sp³-hybridized carbons (Fsp3) is 0.500. The zero-order chi connectivity index (χ0) is 18.4. The molecule has 1 aliphatic carbocycles. The molecule has 2 aromatic rings. The lowest BCUT2D eigenvalue weighted by molar-refractivity contribution is -0.0271. The number of fused-ring (bicyclic) bond motifs is 1. The Balaban J connectivity index is 1.67. The van der Waals surface area contributed by atoms with Gasteiger partial charge in [-0.15, -0.1) is 0 Å². The Morgan fingerprint density at radius 1 is 1.38 bits per heavy atom. The molecular formula is C18H22N4O3S. The van der Waals surface area contributed by atoms with E-state index in [1.54, 1.807) is 13.4 Å². The van der Waals surface area contributed by atoms with Crippen LogP contribution in [-0.2, 0) is 10.8 Å². The lowest BCUT2D eigenvalue weighted by Gasteiger charge is -2.45. The molecule has 2 aliphatic rings. The van der Waals surface area contributed by atoms with Crippen molar-refractivity contribution in [1.29, 1.82) is 5.41 Å². The Kier molecular flexibility index (Phi) is 4.19. The number of piperidine rings is 1. The van der Waals surface area contributed by atoms with E-state index in [2.05, 4.69) is 14.9 Å². The summed E-state index contributed by atoms with van der Waals surface area (Å²) < 4.78 is 17.3. The van der Waals surface area contributed by atoms with E-state index in [1.807, 2.05) is 18.2 Å². The van der Waals surface area contributed by atoms with Gasteiger partial charge in [0, 0.05) is 23.9 Å². The first-order valence-electron chi connectivity index (χ1n) is 8.65. The number of anilines is 1. The number of aromatic nitrogens is 2. The molecule has 1 aromatic heterocycles. The van der Waals surface area contributed by atoms with Gasteiger partial charge in [-0.2, -0.15) is 0 Å². The average molecular weight is 374 g/mol. The van der Waals surface area contributed by atoms with Crippen molar-refractivity contribution in [2.24, 2.45) is 5.41 Å². The topological polar surface area (TPSA) is 99.4 Å². The van der Waals surface area contributed by atoms with E-state index in [-0.39, 0.29) is 11.2 Å².